The van der Waals surface area contributed by atoms with E-state index in [-0.39, 0.29) is 0 Å². The Bertz CT molecular complexity index is 224. The van der Waals surface area contributed by atoms with Crippen LogP contribution in [0.2, 0.25) is 0 Å². The van der Waals surface area contributed by atoms with Gasteiger partial charge in [0.2, 0.25) is 0 Å². The van der Waals surface area contributed by atoms with E-state index >= 15 is 0 Å². The minimum atomic E-state index is 0.530. The van der Waals surface area contributed by atoms with Crippen LogP contribution in [0.3, 0.4) is 0 Å². The first kappa shape index (κ1) is 6.39. The fourth-order valence-corrected chi connectivity index (χ4v) is 1.90. The number of alkyl halides is 1. The molecule has 0 saturated carbocycles. The summed E-state index contributed by atoms with van der Waals surface area (Å²) in [5.74, 6) is 1.06. The fourth-order valence-electron chi connectivity index (χ4n) is 1.13. The molecule has 0 aromatic carbocycles. The Balaban J connectivity index is 2.42. The summed E-state index contributed by atoms with van der Waals surface area (Å²) in [6.07, 6.45) is 2.92. The Hall–Kier alpha value is -0.320. The lowest BCUT2D eigenvalue weighted by Crippen LogP contribution is -2.04. The van der Waals surface area contributed by atoms with Crippen LogP contribution < -0.4 is 5.32 Å². The van der Waals surface area contributed by atoms with E-state index in [1.54, 1.807) is 0 Å². The van der Waals surface area contributed by atoms with Crippen LogP contribution in [0.15, 0.2) is 18.3 Å². The highest BCUT2D eigenvalue weighted by Gasteiger charge is 2.17. The normalized spacial score (nSPS) is 21.9. The summed E-state index contributed by atoms with van der Waals surface area (Å²) in [5.41, 5.74) is 1.34. The van der Waals surface area contributed by atoms with Gasteiger partial charge in [0.05, 0.1) is 4.05 Å². The number of aromatic nitrogens is 1. The van der Waals surface area contributed by atoms with Gasteiger partial charge in [-0.15, -0.1) is 0 Å². The van der Waals surface area contributed by atoms with E-state index in [9.17, 15) is 0 Å². The molecular weight excluding hydrogens is 239 g/mol. The molecule has 0 fully saturated rings. The van der Waals surface area contributed by atoms with E-state index in [0.29, 0.717) is 4.05 Å². The second-order valence-electron chi connectivity index (χ2n) is 2.33. The molecule has 2 rings (SSSR count). The van der Waals surface area contributed by atoms with Gasteiger partial charge in [-0.05, 0) is 11.6 Å². The van der Waals surface area contributed by atoms with Gasteiger partial charge in [-0.3, -0.25) is 0 Å². The maximum Gasteiger partial charge on any atom is 0.130 e. The van der Waals surface area contributed by atoms with E-state index < -0.39 is 0 Å². The number of hydrogen-bond acceptors (Lipinski definition) is 2. The fraction of sp³-hybridized carbons (Fsp3) is 0.286. The third-order valence-corrected chi connectivity index (χ3v) is 2.34. The SMILES string of the molecule is IC1Cc2cccnc2N1. The molecule has 1 aromatic rings. The van der Waals surface area contributed by atoms with E-state index in [1.165, 1.54) is 5.56 Å². The van der Waals surface area contributed by atoms with Crippen molar-refractivity contribution in [1.82, 2.24) is 4.98 Å². The summed E-state index contributed by atoms with van der Waals surface area (Å²) in [5, 5.41) is 3.27. The van der Waals surface area contributed by atoms with Crippen molar-refractivity contribution >= 4 is 28.4 Å². The van der Waals surface area contributed by atoms with Crippen molar-refractivity contribution in [2.75, 3.05) is 5.32 Å². The second kappa shape index (κ2) is 2.38. The highest BCUT2D eigenvalue weighted by Crippen LogP contribution is 2.25. The zero-order valence-electron chi connectivity index (χ0n) is 5.34. The molecule has 10 heavy (non-hydrogen) atoms. The van der Waals surface area contributed by atoms with Crippen LogP contribution in [-0.2, 0) is 6.42 Å². The monoisotopic (exact) mass is 246 g/mol. The third kappa shape index (κ3) is 0.982. The number of anilines is 1. The van der Waals surface area contributed by atoms with Crippen LogP contribution in [0.4, 0.5) is 5.82 Å². The summed E-state index contributed by atoms with van der Waals surface area (Å²) in [6, 6.07) is 4.10. The van der Waals surface area contributed by atoms with Crippen LogP contribution in [0.1, 0.15) is 5.56 Å². The van der Waals surface area contributed by atoms with Gasteiger partial charge < -0.3 is 5.32 Å². The van der Waals surface area contributed by atoms with Crippen molar-refractivity contribution in [2.24, 2.45) is 0 Å². The molecule has 1 N–H and O–H groups in total. The predicted molar refractivity (Wildman–Crippen MR) is 49.4 cm³/mol. The molecule has 3 heteroatoms. The van der Waals surface area contributed by atoms with Crippen LogP contribution in [0.5, 0.6) is 0 Å². The standard InChI is InChI=1S/C7H7IN2/c8-6-4-5-2-1-3-9-7(5)10-6/h1-3,6H,4H2,(H,9,10). The van der Waals surface area contributed by atoms with Crippen molar-refractivity contribution in [3.05, 3.63) is 23.9 Å². The van der Waals surface area contributed by atoms with Gasteiger partial charge >= 0.3 is 0 Å². The van der Waals surface area contributed by atoms with Crippen LogP contribution >= 0.6 is 22.6 Å². The van der Waals surface area contributed by atoms with E-state index in [4.69, 9.17) is 0 Å². The van der Waals surface area contributed by atoms with Crippen molar-refractivity contribution in [3.63, 3.8) is 0 Å². The molecule has 1 aromatic heterocycles. The molecule has 2 heterocycles. The van der Waals surface area contributed by atoms with Crippen molar-refractivity contribution in [2.45, 2.75) is 10.5 Å². The van der Waals surface area contributed by atoms with Gasteiger partial charge in [-0.1, -0.05) is 28.7 Å². The number of rotatable bonds is 0. The summed E-state index contributed by atoms with van der Waals surface area (Å²) in [7, 11) is 0. The predicted octanol–water partition coefficient (Wildman–Crippen LogP) is 1.81. The quantitative estimate of drug-likeness (QED) is 0.429. The highest BCUT2D eigenvalue weighted by molar-refractivity contribution is 14.1. The van der Waals surface area contributed by atoms with Gasteiger partial charge in [-0.25, -0.2) is 4.98 Å². The Morgan fingerprint density at radius 3 is 3.40 bits per heavy atom. The summed E-state index contributed by atoms with van der Waals surface area (Å²) in [4.78, 5) is 4.19. The largest absolute Gasteiger partial charge is 0.358 e. The Morgan fingerprint density at radius 2 is 2.60 bits per heavy atom. The van der Waals surface area contributed by atoms with E-state index in [1.807, 2.05) is 12.3 Å². The maximum absolute atomic E-state index is 4.19. The van der Waals surface area contributed by atoms with Crippen LogP contribution in [0, 0.1) is 0 Å². The van der Waals surface area contributed by atoms with Crippen molar-refractivity contribution in [3.8, 4) is 0 Å². The first-order valence-corrected chi connectivity index (χ1v) is 4.45. The summed E-state index contributed by atoms with van der Waals surface area (Å²) >= 11 is 2.38. The highest BCUT2D eigenvalue weighted by atomic mass is 127. The molecule has 1 aliphatic rings. The Labute approximate surface area is 73.2 Å². The second-order valence-corrected chi connectivity index (χ2v) is 3.83. The average molecular weight is 246 g/mol. The number of halogens is 1. The molecule has 0 spiro atoms. The average Bonchev–Trinajstić information content (AvgIpc) is 2.27. The Kier molecular flexibility index (Phi) is 1.52. The number of nitrogens with one attached hydrogen (secondary N) is 1. The molecule has 0 radical (unpaired) electrons. The number of fused-ring (bicyclic) bond motifs is 1. The molecule has 1 atom stereocenters. The van der Waals surface area contributed by atoms with E-state index in [2.05, 4.69) is 39.0 Å². The van der Waals surface area contributed by atoms with Gasteiger partial charge in [-0.2, -0.15) is 0 Å². The molecule has 0 bridgehead atoms. The van der Waals surface area contributed by atoms with Crippen molar-refractivity contribution < 1.29 is 0 Å². The smallest absolute Gasteiger partial charge is 0.130 e. The van der Waals surface area contributed by atoms with Crippen LogP contribution in [0.25, 0.3) is 0 Å². The zero-order valence-corrected chi connectivity index (χ0v) is 7.50. The lowest BCUT2D eigenvalue weighted by Gasteiger charge is -1.97. The molecule has 1 aliphatic heterocycles. The molecule has 0 aliphatic carbocycles. The maximum atomic E-state index is 4.19. The van der Waals surface area contributed by atoms with Gasteiger partial charge in [0.15, 0.2) is 0 Å². The summed E-state index contributed by atoms with van der Waals surface area (Å²) in [6.45, 7) is 0. The Morgan fingerprint density at radius 1 is 1.70 bits per heavy atom. The lowest BCUT2D eigenvalue weighted by molar-refractivity contribution is 1.07. The lowest BCUT2D eigenvalue weighted by atomic mass is 10.2. The van der Waals surface area contributed by atoms with Gasteiger partial charge in [0.1, 0.15) is 5.82 Å². The first-order chi connectivity index (χ1) is 4.86. The molecule has 2 nitrogen and oxygen atoms in total. The first-order valence-electron chi connectivity index (χ1n) is 3.21. The topological polar surface area (TPSA) is 24.9 Å². The molecule has 52 valence electrons. The van der Waals surface area contributed by atoms with Crippen molar-refractivity contribution in [1.29, 1.82) is 0 Å². The number of hydrogen-bond donors (Lipinski definition) is 1. The summed E-state index contributed by atoms with van der Waals surface area (Å²) < 4.78 is 0.530. The van der Waals surface area contributed by atoms with E-state index in [0.717, 1.165) is 12.2 Å². The third-order valence-electron chi connectivity index (χ3n) is 1.58. The minimum Gasteiger partial charge on any atom is -0.358 e. The van der Waals surface area contributed by atoms with Gasteiger partial charge in [0, 0.05) is 12.6 Å². The minimum absolute atomic E-state index is 0.530. The molecule has 0 saturated heterocycles. The zero-order chi connectivity index (χ0) is 6.97. The number of pyridine rings is 1. The number of nitrogens with zero attached hydrogens (tertiary/aromatic N) is 1. The van der Waals surface area contributed by atoms with Gasteiger partial charge in [0.25, 0.3) is 0 Å². The molecule has 0 amide bonds. The molecule has 1 unspecified atom stereocenters. The van der Waals surface area contributed by atoms with Crippen LogP contribution in [-0.4, -0.2) is 9.03 Å². The molecular formula is C7H7IN2.